The first-order valence-electron chi connectivity index (χ1n) is 7.24. The SMILES string of the molecule is CNCC1CCc2nc(CCN(C)C)nc(C)c2C1. The Kier molecular flexibility index (Phi) is 4.88. The van der Waals surface area contributed by atoms with Crippen molar-refractivity contribution in [1.82, 2.24) is 20.2 Å². The Bertz CT molecular complexity index is 428. The van der Waals surface area contributed by atoms with Gasteiger partial charge in [0.2, 0.25) is 0 Å². The fourth-order valence-electron chi connectivity index (χ4n) is 2.82. The Balaban J connectivity index is 2.12. The summed E-state index contributed by atoms with van der Waals surface area (Å²) in [6.45, 7) is 4.25. The second-order valence-electron chi connectivity index (χ2n) is 5.87. The van der Waals surface area contributed by atoms with Crippen LogP contribution in [-0.2, 0) is 19.3 Å². The van der Waals surface area contributed by atoms with Crippen LogP contribution in [0, 0.1) is 12.8 Å². The normalized spacial score (nSPS) is 18.7. The Hall–Kier alpha value is -1.00. The first-order valence-corrected chi connectivity index (χ1v) is 7.24. The van der Waals surface area contributed by atoms with Gasteiger partial charge in [-0.25, -0.2) is 9.97 Å². The van der Waals surface area contributed by atoms with Crippen LogP contribution in [0.2, 0.25) is 0 Å². The third kappa shape index (κ3) is 3.74. The maximum absolute atomic E-state index is 4.78. The van der Waals surface area contributed by atoms with Crippen LogP contribution in [-0.4, -0.2) is 49.1 Å². The monoisotopic (exact) mass is 262 g/mol. The molecule has 4 nitrogen and oxygen atoms in total. The molecule has 2 rings (SSSR count). The van der Waals surface area contributed by atoms with Crippen molar-refractivity contribution in [3.8, 4) is 0 Å². The molecule has 1 atom stereocenters. The summed E-state index contributed by atoms with van der Waals surface area (Å²) in [5.41, 5.74) is 3.90. The molecule has 1 aliphatic carbocycles. The highest BCUT2D eigenvalue weighted by Crippen LogP contribution is 2.25. The number of likely N-dealkylation sites (N-methyl/N-ethyl adjacent to an activating group) is 1. The minimum absolute atomic E-state index is 0.743. The fourth-order valence-corrected chi connectivity index (χ4v) is 2.82. The number of hydrogen-bond acceptors (Lipinski definition) is 4. The number of aryl methyl sites for hydroxylation is 2. The minimum atomic E-state index is 0.743. The molecule has 1 heterocycles. The molecule has 4 heteroatoms. The second kappa shape index (κ2) is 6.44. The fraction of sp³-hybridized carbons (Fsp3) is 0.733. The summed E-state index contributed by atoms with van der Waals surface area (Å²) in [6.07, 6.45) is 4.44. The summed E-state index contributed by atoms with van der Waals surface area (Å²) in [7, 11) is 6.21. The molecule has 0 radical (unpaired) electrons. The van der Waals surface area contributed by atoms with E-state index in [1.54, 1.807) is 0 Å². The predicted molar refractivity (Wildman–Crippen MR) is 78.5 cm³/mol. The Labute approximate surface area is 116 Å². The summed E-state index contributed by atoms with van der Waals surface area (Å²) in [4.78, 5) is 11.7. The number of hydrogen-bond donors (Lipinski definition) is 1. The van der Waals surface area contributed by atoms with Crippen molar-refractivity contribution in [3.63, 3.8) is 0 Å². The van der Waals surface area contributed by atoms with E-state index in [0.29, 0.717) is 0 Å². The largest absolute Gasteiger partial charge is 0.319 e. The predicted octanol–water partition coefficient (Wildman–Crippen LogP) is 1.21. The van der Waals surface area contributed by atoms with E-state index in [4.69, 9.17) is 9.97 Å². The van der Waals surface area contributed by atoms with Gasteiger partial charge in [0, 0.05) is 24.4 Å². The molecule has 0 fully saturated rings. The summed E-state index contributed by atoms with van der Waals surface area (Å²) in [5, 5.41) is 3.29. The third-order valence-electron chi connectivity index (χ3n) is 3.90. The lowest BCUT2D eigenvalue weighted by molar-refractivity contribution is 0.406. The molecule has 0 saturated heterocycles. The first kappa shape index (κ1) is 14.4. The van der Waals surface area contributed by atoms with Crippen molar-refractivity contribution in [1.29, 1.82) is 0 Å². The maximum Gasteiger partial charge on any atom is 0.130 e. The van der Waals surface area contributed by atoms with Crippen molar-refractivity contribution in [2.75, 3.05) is 34.2 Å². The van der Waals surface area contributed by atoms with E-state index in [0.717, 1.165) is 44.1 Å². The van der Waals surface area contributed by atoms with Crippen LogP contribution in [0.3, 0.4) is 0 Å². The van der Waals surface area contributed by atoms with E-state index < -0.39 is 0 Å². The van der Waals surface area contributed by atoms with Gasteiger partial charge < -0.3 is 10.2 Å². The summed E-state index contributed by atoms with van der Waals surface area (Å²) in [6, 6.07) is 0. The topological polar surface area (TPSA) is 41.1 Å². The lowest BCUT2D eigenvalue weighted by Gasteiger charge is -2.25. The van der Waals surface area contributed by atoms with E-state index in [1.807, 2.05) is 7.05 Å². The molecule has 0 spiro atoms. The van der Waals surface area contributed by atoms with Crippen LogP contribution in [0.25, 0.3) is 0 Å². The number of nitrogens with one attached hydrogen (secondary N) is 1. The average Bonchev–Trinajstić information content (AvgIpc) is 2.37. The zero-order valence-corrected chi connectivity index (χ0v) is 12.7. The molecule has 0 amide bonds. The van der Waals surface area contributed by atoms with E-state index in [-0.39, 0.29) is 0 Å². The standard InChI is InChI=1S/C15H26N4/c1-11-13-9-12(10-16-2)5-6-14(13)18-15(17-11)7-8-19(3)4/h12,16H,5-10H2,1-4H3. The third-order valence-corrected chi connectivity index (χ3v) is 3.90. The zero-order valence-electron chi connectivity index (χ0n) is 12.7. The van der Waals surface area contributed by atoms with E-state index >= 15 is 0 Å². The van der Waals surface area contributed by atoms with E-state index in [2.05, 4.69) is 31.2 Å². The van der Waals surface area contributed by atoms with Crippen molar-refractivity contribution >= 4 is 0 Å². The zero-order chi connectivity index (χ0) is 13.8. The van der Waals surface area contributed by atoms with Gasteiger partial charge in [-0.05, 0) is 65.4 Å². The smallest absolute Gasteiger partial charge is 0.130 e. The minimum Gasteiger partial charge on any atom is -0.319 e. The van der Waals surface area contributed by atoms with Crippen LogP contribution >= 0.6 is 0 Å². The quantitative estimate of drug-likeness (QED) is 0.866. The van der Waals surface area contributed by atoms with Crippen molar-refractivity contribution in [2.24, 2.45) is 5.92 Å². The summed E-state index contributed by atoms with van der Waals surface area (Å²) >= 11 is 0. The number of nitrogens with zero attached hydrogens (tertiary/aromatic N) is 3. The molecule has 1 aliphatic rings. The van der Waals surface area contributed by atoms with Gasteiger partial charge >= 0.3 is 0 Å². The molecule has 106 valence electrons. The van der Waals surface area contributed by atoms with Crippen LogP contribution in [0.4, 0.5) is 0 Å². The molecular weight excluding hydrogens is 236 g/mol. The summed E-state index contributed by atoms with van der Waals surface area (Å²) < 4.78 is 0. The van der Waals surface area contributed by atoms with Gasteiger partial charge in [0.05, 0.1) is 0 Å². The molecule has 1 unspecified atom stereocenters. The molecule has 0 aliphatic heterocycles. The Morgan fingerprint density at radius 1 is 1.32 bits per heavy atom. The molecule has 0 bridgehead atoms. The van der Waals surface area contributed by atoms with Gasteiger partial charge in [-0.2, -0.15) is 0 Å². The van der Waals surface area contributed by atoms with E-state index in [9.17, 15) is 0 Å². The van der Waals surface area contributed by atoms with Gasteiger partial charge in [0.25, 0.3) is 0 Å². The van der Waals surface area contributed by atoms with Gasteiger partial charge in [-0.1, -0.05) is 0 Å². The summed E-state index contributed by atoms with van der Waals surface area (Å²) in [5.74, 6) is 1.75. The van der Waals surface area contributed by atoms with Crippen molar-refractivity contribution < 1.29 is 0 Å². The van der Waals surface area contributed by atoms with Crippen molar-refractivity contribution in [3.05, 3.63) is 22.8 Å². The van der Waals surface area contributed by atoms with Gasteiger partial charge in [-0.15, -0.1) is 0 Å². The Morgan fingerprint density at radius 2 is 2.11 bits per heavy atom. The second-order valence-corrected chi connectivity index (χ2v) is 5.87. The highest BCUT2D eigenvalue weighted by molar-refractivity contribution is 5.28. The average molecular weight is 262 g/mol. The van der Waals surface area contributed by atoms with Crippen LogP contribution in [0.5, 0.6) is 0 Å². The molecule has 1 aromatic rings. The molecule has 0 aromatic carbocycles. The van der Waals surface area contributed by atoms with Crippen LogP contribution in [0.15, 0.2) is 0 Å². The van der Waals surface area contributed by atoms with Gasteiger partial charge in [0.1, 0.15) is 5.82 Å². The lowest BCUT2D eigenvalue weighted by atomic mass is 9.86. The highest BCUT2D eigenvalue weighted by Gasteiger charge is 2.22. The van der Waals surface area contributed by atoms with Gasteiger partial charge in [0.15, 0.2) is 0 Å². The lowest BCUT2D eigenvalue weighted by Crippen LogP contribution is -2.27. The van der Waals surface area contributed by atoms with Crippen molar-refractivity contribution in [2.45, 2.75) is 32.6 Å². The number of fused-ring (bicyclic) bond motifs is 1. The molecule has 0 saturated carbocycles. The highest BCUT2D eigenvalue weighted by atomic mass is 15.1. The molecule has 19 heavy (non-hydrogen) atoms. The van der Waals surface area contributed by atoms with Crippen LogP contribution in [0.1, 0.15) is 29.2 Å². The molecular formula is C15H26N4. The Morgan fingerprint density at radius 3 is 2.79 bits per heavy atom. The maximum atomic E-state index is 4.78. The first-order chi connectivity index (χ1) is 9.10. The van der Waals surface area contributed by atoms with Gasteiger partial charge in [-0.3, -0.25) is 0 Å². The number of rotatable bonds is 5. The van der Waals surface area contributed by atoms with E-state index in [1.165, 1.54) is 23.4 Å². The number of aromatic nitrogens is 2. The molecule has 1 N–H and O–H groups in total. The molecule has 1 aromatic heterocycles. The van der Waals surface area contributed by atoms with Crippen LogP contribution < -0.4 is 5.32 Å².